The first kappa shape index (κ1) is 11.7. The van der Waals surface area contributed by atoms with Crippen molar-refractivity contribution in [3.05, 3.63) is 0 Å². The van der Waals surface area contributed by atoms with Crippen molar-refractivity contribution in [2.45, 2.75) is 33.5 Å². The molecular formula is C7H19ClNPSi. The summed E-state index contributed by atoms with van der Waals surface area (Å²) in [5, 5.41) is 0. The van der Waals surface area contributed by atoms with Crippen LogP contribution in [0.4, 0.5) is 0 Å². The lowest BCUT2D eigenvalue weighted by Crippen LogP contribution is -2.15. The third-order valence-corrected chi connectivity index (χ3v) is 9.33. The zero-order valence-electron chi connectivity index (χ0n) is 8.19. The Morgan fingerprint density at radius 1 is 1.18 bits per heavy atom. The van der Waals surface area contributed by atoms with Gasteiger partial charge in [-0.2, -0.15) is 0 Å². The van der Waals surface area contributed by atoms with Crippen LogP contribution in [-0.2, 0) is 0 Å². The molecule has 0 saturated carbocycles. The van der Waals surface area contributed by atoms with Gasteiger partial charge in [-0.25, -0.2) is 0 Å². The molecule has 0 radical (unpaired) electrons. The first-order chi connectivity index (χ1) is 4.83. The number of nitrogens with zero attached hydrogens (tertiary/aromatic N) is 1. The van der Waals surface area contributed by atoms with Crippen LogP contribution in [0.2, 0.25) is 19.6 Å². The zero-order valence-corrected chi connectivity index (χ0v) is 10.8. The van der Waals surface area contributed by atoms with Gasteiger partial charge in [0.05, 0.1) is 0 Å². The van der Waals surface area contributed by atoms with Crippen LogP contribution in [-0.4, -0.2) is 20.6 Å². The van der Waals surface area contributed by atoms with Crippen molar-refractivity contribution in [2.24, 2.45) is 4.41 Å². The quantitative estimate of drug-likeness (QED) is 0.490. The Labute approximate surface area is 76.5 Å². The van der Waals surface area contributed by atoms with Gasteiger partial charge in [-0.1, -0.05) is 44.7 Å². The highest BCUT2D eigenvalue weighted by Crippen LogP contribution is 2.55. The van der Waals surface area contributed by atoms with E-state index in [-0.39, 0.29) is 0 Å². The van der Waals surface area contributed by atoms with Crippen molar-refractivity contribution < 1.29 is 0 Å². The van der Waals surface area contributed by atoms with Crippen molar-refractivity contribution in [3.8, 4) is 0 Å². The molecule has 0 bridgehead atoms. The molecular weight excluding hydrogens is 193 g/mol. The van der Waals surface area contributed by atoms with Gasteiger partial charge in [0.1, 0.15) is 0 Å². The molecule has 4 heteroatoms. The number of halogens is 1. The third kappa shape index (κ3) is 5.05. The lowest BCUT2D eigenvalue weighted by molar-refractivity contribution is 1.40. The van der Waals surface area contributed by atoms with Gasteiger partial charge in [0.15, 0.2) is 8.24 Å². The first-order valence-electron chi connectivity index (χ1n) is 4.14. The summed E-state index contributed by atoms with van der Waals surface area (Å²) in [6, 6.07) is 0. The largest absolute Gasteiger partial charge is 0.324 e. The van der Waals surface area contributed by atoms with Crippen molar-refractivity contribution in [1.82, 2.24) is 0 Å². The van der Waals surface area contributed by atoms with E-state index in [2.05, 4.69) is 33.5 Å². The van der Waals surface area contributed by atoms with E-state index in [9.17, 15) is 0 Å². The lowest BCUT2D eigenvalue weighted by atomic mass is 11.0. The van der Waals surface area contributed by atoms with Gasteiger partial charge in [0.2, 0.25) is 0 Å². The minimum Gasteiger partial charge on any atom is -0.324 e. The normalized spacial score (nSPS) is 13.3. The van der Waals surface area contributed by atoms with Gasteiger partial charge in [0, 0.05) is 6.41 Å². The van der Waals surface area contributed by atoms with E-state index < -0.39 is 14.6 Å². The highest BCUT2D eigenvalue weighted by molar-refractivity contribution is 7.91. The Balaban J connectivity index is 4.61. The average molecular weight is 212 g/mol. The SMILES string of the molecule is CCP(Cl)(CC)=N[Si](C)(C)C. The van der Waals surface area contributed by atoms with E-state index in [1.54, 1.807) is 0 Å². The minimum absolute atomic E-state index is 1.05. The fourth-order valence-corrected chi connectivity index (χ4v) is 8.82. The number of rotatable bonds is 3. The monoisotopic (exact) mass is 211 g/mol. The smallest absolute Gasteiger partial charge is 0.172 e. The molecule has 0 heterocycles. The maximum absolute atomic E-state index is 6.37. The average Bonchev–Trinajstić information content (AvgIpc) is 1.84. The Hall–Kier alpha value is 0.737. The molecule has 0 aromatic carbocycles. The van der Waals surface area contributed by atoms with Crippen LogP contribution in [0.1, 0.15) is 13.8 Å². The van der Waals surface area contributed by atoms with E-state index >= 15 is 0 Å². The summed E-state index contributed by atoms with van der Waals surface area (Å²) in [4.78, 5) is 0. The number of hydrogen-bond acceptors (Lipinski definition) is 1. The maximum atomic E-state index is 6.37. The Morgan fingerprint density at radius 2 is 1.55 bits per heavy atom. The molecule has 68 valence electrons. The Morgan fingerprint density at radius 3 is 1.64 bits per heavy atom. The van der Waals surface area contributed by atoms with Crippen LogP contribution >= 0.6 is 17.6 Å². The summed E-state index contributed by atoms with van der Waals surface area (Å²) >= 11 is 6.37. The fraction of sp³-hybridized carbons (Fsp3) is 1.00. The van der Waals surface area contributed by atoms with Crippen LogP contribution < -0.4 is 0 Å². The molecule has 1 nitrogen and oxygen atoms in total. The fourth-order valence-electron chi connectivity index (χ4n) is 0.903. The van der Waals surface area contributed by atoms with Gasteiger partial charge >= 0.3 is 0 Å². The van der Waals surface area contributed by atoms with Gasteiger partial charge < -0.3 is 4.41 Å². The summed E-state index contributed by atoms with van der Waals surface area (Å²) < 4.78 is 4.79. The van der Waals surface area contributed by atoms with Gasteiger partial charge in [0.25, 0.3) is 0 Å². The van der Waals surface area contributed by atoms with Crippen LogP contribution in [0.5, 0.6) is 0 Å². The predicted molar refractivity (Wildman–Crippen MR) is 59.6 cm³/mol. The minimum atomic E-state index is -1.39. The molecule has 0 aliphatic heterocycles. The second-order valence-corrected chi connectivity index (χ2v) is 13.7. The van der Waals surface area contributed by atoms with Gasteiger partial charge in [-0.15, -0.1) is 0 Å². The highest BCUT2D eigenvalue weighted by Gasteiger charge is 2.18. The second kappa shape index (κ2) is 4.11. The molecule has 0 fully saturated rings. The van der Waals surface area contributed by atoms with Gasteiger partial charge in [-0.3, -0.25) is 0 Å². The molecule has 0 N–H and O–H groups in total. The first-order valence-corrected chi connectivity index (χ1v) is 10.6. The van der Waals surface area contributed by atoms with E-state index in [1.807, 2.05) is 0 Å². The van der Waals surface area contributed by atoms with Crippen molar-refractivity contribution in [3.63, 3.8) is 0 Å². The van der Waals surface area contributed by atoms with E-state index in [1.165, 1.54) is 0 Å². The molecule has 0 aliphatic rings. The van der Waals surface area contributed by atoms with E-state index in [0.29, 0.717) is 0 Å². The van der Waals surface area contributed by atoms with Crippen molar-refractivity contribution in [1.29, 1.82) is 0 Å². The molecule has 0 amide bonds. The summed E-state index contributed by atoms with van der Waals surface area (Å²) in [6.45, 7) is 11.0. The highest BCUT2D eigenvalue weighted by atomic mass is 35.7. The second-order valence-electron chi connectivity index (χ2n) is 3.72. The van der Waals surface area contributed by atoms with Crippen LogP contribution in [0.25, 0.3) is 0 Å². The molecule has 11 heavy (non-hydrogen) atoms. The summed E-state index contributed by atoms with van der Waals surface area (Å²) in [5.41, 5.74) is 0. The summed E-state index contributed by atoms with van der Waals surface area (Å²) in [7, 11) is -1.29. The molecule has 0 aromatic rings. The third-order valence-electron chi connectivity index (χ3n) is 1.45. The zero-order chi connectivity index (χ0) is 9.12. The molecule has 0 atom stereocenters. The standard InChI is InChI=1S/C7H19ClNPSi/c1-6-10(8,7-2)9-11(3,4)5/h6-7H2,1-5H3. The molecule has 0 spiro atoms. The molecule has 0 rings (SSSR count). The van der Waals surface area contributed by atoms with Crippen LogP contribution in [0, 0.1) is 0 Å². The van der Waals surface area contributed by atoms with Crippen molar-refractivity contribution in [2.75, 3.05) is 12.3 Å². The van der Waals surface area contributed by atoms with E-state index in [0.717, 1.165) is 12.3 Å². The number of hydrogen-bond donors (Lipinski definition) is 0. The molecule has 0 saturated heterocycles. The van der Waals surface area contributed by atoms with E-state index in [4.69, 9.17) is 15.7 Å². The predicted octanol–water partition coefficient (Wildman–Crippen LogP) is 4.22. The van der Waals surface area contributed by atoms with Crippen molar-refractivity contribution >= 4 is 25.9 Å². The maximum Gasteiger partial charge on any atom is 0.172 e. The Bertz CT molecular complexity index is 166. The van der Waals surface area contributed by atoms with Crippen LogP contribution in [0.3, 0.4) is 0 Å². The van der Waals surface area contributed by atoms with Gasteiger partial charge in [-0.05, 0) is 12.3 Å². The lowest BCUT2D eigenvalue weighted by Gasteiger charge is -2.19. The van der Waals surface area contributed by atoms with Crippen LogP contribution in [0.15, 0.2) is 4.41 Å². The topological polar surface area (TPSA) is 12.4 Å². The summed E-state index contributed by atoms with van der Waals surface area (Å²) in [5.74, 6) is 0. The molecule has 0 aromatic heterocycles. The molecule has 0 aliphatic carbocycles. The molecule has 0 unspecified atom stereocenters. The Kier molecular flexibility index (Phi) is 4.39. The summed E-state index contributed by atoms with van der Waals surface area (Å²) in [6.07, 6.45) is 0.708.